The van der Waals surface area contributed by atoms with Crippen LogP contribution in [0, 0.1) is 13.8 Å². The molecule has 0 atom stereocenters. The van der Waals surface area contributed by atoms with Crippen LogP contribution in [-0.2, 0) is 0 Å². The third kappa shape index (κ3) is 4.20. The van der Waals surface area contributed by atoms with E-state index in [2.05, 4.69) is 28.9 Å². The van der Waals surface area contributed by atoms with Gasteiger partial charge in [0.15, 0.2) is 0 Å². The number of benzene rings is 3. The van der Waals surface area contributed by atoms with Crippen LogP contribution in [0.4, 0.5) is 17.1 Å². The van der Waals surface area contributed by atoms with Gasteiger partial charge in [0, 0.05) is 24.0 Å². The predicted octanol–water partition coefficient (Wildman–Crippen LogP) is 4.66. The van der Waals surface area contributed by atoms with E-state index in [1.165, 1.54) is 5.56 Å². The van der Waals surface area contributed by atoms with Crippen LogP contribution in [0.25, 0.3) is 0 Å². The normalized spacial score (nSPS) is 10.2. The van der Waals surface area contributed by atoms with Gasteiger partial charge >= 0.3 is 0 Å². The largest absolute Gasteiger partial charge is 0.355 e. The first kappa shape index (κ1) is 19.2. The second-order valence-corrected chi connectivity index (χ2v) is 6.53. The van der Waals surface area contributed by atoms with E-state index >= 15 is 0 Å². The van der Waals surface area contributed by atoms with E-state index in [-0.39, 0.29) is 11.8 Å². The van der Waals surface area contributed by atoms with Crippen molar-refractivity contribution in [1.82, 2.24) is 5.32 Å². The fraction of sp³-hybridized carbons (Fsp3) is 0.130. The SMILES string of the molecule is CNC(=O)c1cccc(NC(=O)c2ccccc2Nc2cccc(C)c2C)c1. The molecule has 0 saturated heterocycles. The van der Waals surface area contributed by atoms with Crippen LogP contribution in [0.2, 0.25) is 0 Å². The molecule has 5 nitrogen and oxygen atoms in total. The average Bonchev–Trinajstić information content (AvgIpc) is 2.71. The van der Waals surface area contributed by atoms with E-state index in [0.29, 0.717) is 16.8 Å². The first-order chi connectivity index (χ1) is 13.5. The number of carbonyl (C=O) groups is 2. The molecular formula is C23H23N3O2. The lowest BCUT2D eigenvalue weighted by Gasteiger charge is -2.15. The van der Waals surface area contributed by atoms with Gasteiger partial charge in [-0.3, -0.25) is 9.59 Å². The summed E-state index contributed by atoms with van der Waals surface area (Å²) in [5, 5.41) is 8.81. The molecule has 28 heavy (non-hydrogen) atoms. The third-order valence-electron chi connectivity index (χ3n) is 4.66. The second kappa shape index (κ2) is 8.39. The fourth-order valence-corrected chi connectivity index (χ4v) is 2.90. The van der Waals surface area contributed by atoms with E-state index in [9.17, 15) is 9.59 Å². The standard InChI is InChI=1S/C23H23N3O2/c1-15-8-6-13-20(16(15)2)26-21-12-5-4-11-19(21)23(28)25-18-10-7-9-17(14-18)22(27)24-3/h4-14,26H,1-3H3,(H,24,27)(H,25,28). The average molecular weight is 373 g/mol. The minimum atomic E-state index is -0.248. The lowest BCUT2D eigenvalue weighted by molar-refractivity contribution is 0.0961. The van der Waals surface area contributed by atoms with Crippen LogP contribution in [0.5, 0.6) is 0 Å². The van der Waals surface area contributed by atoms with Gasteiger partial charge in [0.25, 0.3) is 11.8 Å². The molecule has 3 N–H and O–H groups in total. The number of hydrogen-bond donors (Lipinski definition) is 3. The van der Waals surface area contributed by atoms with Crippen molar-refractivity contribution in [2.24, 2.45) is 0 Å². The summed E-state index contributed by atoms with van der Waals surface area (Å²) in [5.41, 5.74) is 5.57. The van der Waals surface area contributed by atoms with Crippen molar-refractivity contribution in [3.05, 3.63) is 89.0 Å². The van der Waals surface area contributed by atoms with Crippen molar-refractivity contribution in [3.8, 4) is 0 Å². The van der Waals surface area contributed by atoms with Crippen LogP contribution < -0.4 is 16.0 Å². The first-order valence-corrected chi connectivity index (χ1v) is 9.05. The van der Waals surface area contributed by atoms with Gasteiger partial charge in [-0.15, -0.1) is 0 Å². The Morgan fingerprint density at radius 1 is 0.786 bits per heavy atom. The van der Waals surface area contributed by atoms with Gasteiger partial charge in [-0.05, 0) is 61.4 Å². The Hall–Kier alpha value is -3.60. The molecule has 2 amide bonds. The van der Waals surface area contributed by atoms with Gasteiger partial charge in [-0.1, -0.05) is 30.3 Å². The van der Waals surface area contributed by atoms with Crippen molar-refractivity contribution in [2.45, 2.75) is 13.8 Å². The molecule has 0 spiro atoms. The minimum Gasteiger partial charge on any atom is -0.355 e. The predicted molar refractivity (Wildman–Crippen MR) is 113 cm³/mol. The van der Waals surface area contributed by atoms with E-state index in [0.717, 1.165) is 16.9 Å². The number of para-hydroxylation sites is 1. The lowest BCUT2D eigenvalue weighted by Crippen LogP contribution is -2.18. The number of aryl methyl sites for hydroxylation is 1. The monoisotopic (exact) mass is 373 g/mol. The van der Waals surface area contributed by atoms with E-state index < -0.39 is 0 Å². The third-order valence-corrected chi connectivity index (χ3v) is 4.66. The Morgan fingerprint density at radius 3 is 2.29 bits per heavy atom. The number of hydrogen-bond acceptors (Lipinski definition) is 3. The zero-order chi connectivity index (χ0) is 20.1. The Morgan fingerprint density at radius 2 is 1.50 bits per heavy atom. The number of nitrogens with one attached hydrogen (secondary N) is 3. The Labute approximate surface area is 164 Å². The number of rotatable bonds is 5. The van der Waals surface area contributed by atoms with Crippen molar-refractivity contribution in [3.63, 3.8) is 0 Å². The summed E-state index contributed by atoms with van der Waals surface area (Å²) < 4.78 is 0. The van der Waals surface area contributed by atoms with Crippen LogP contribution in [-0.4, -0.2) is 18.9 Å². The molecule has 0 bridgehead atoms. The van der Waals surface area contributed by atoms with Crippen molar-refractivity contribution < 1.29 is 9.59 Å². The molecule has 0 fully saturated rings. The summed E-state index contributed by atoms with van der Waals surface area (Å²) in [6.45, 7) is 4.10. The molecule has 3 rings (SSSR count). The summed E-state index contributed by atoms with van der Waals surface area (Å²) in [7, 11) is 1.57. The Kier molecular flexibility index (Phi) is 5.75. The quantitative estimate of drug-likeness (QED) is 0.609. The van der Waals surface area contributed by atoms with Crippen molar-refractivity contribution in [2.75, 3.05) is 17.7 Å². The molecule has 0 aromatic heterocycles. The molecule has 0 radical (unpaired) electrons. The lowest BCUT2D eigenvalue weighted by atomic mass is 10.1. The highest BCUT2D eigenvalue weighted by atomic mass is 16.2. The van der Waals surface area contributed by atoms with Crippen molar-refractivity contribution >= 4 is 28.9 Å². The molecule has 0 aliphatic heterocycles. The molecule has 0 heterocycles. The summed E-state index contributed by atoms with van der Waals surface area (Å²) in [6.07, 6.45) is 0. The molecule has 142 valence electrons. The molecule has 3 aromatic carbocycles. The Balaban J connectivity index is 1.85. The summed E-state index contributed by atoms with van der Waals surface area (Å²) >= 11 is 0. The van der Waals surface area contributed by atoms with Crippen LogP contribution in [0.15, 0.2) is 66.7 Å². The minimum absolute atomic E-state index is 0.201. The smallest absolute Gasteiger partial charge is 0.257 e. The number of carbonyl (C=O) groups excluding carboxylic acids is 2. The zero-order valence-corrected chi connectivity index (χ0v) is 16.2. The molecule has 5 heteroatoms. The Bertz CT molecular complexity index is 1030. The molecular weight excluding hydrogens is 350 g/mol. The van der Waals surface area contributed by atoms with Crippen LogP contribution in [0.1, 0.15) is 31.8 Å². The molecule has 0 aliphatic rings. The zero-order valence-electron chi connectivity index (χ0n) is 16.2. The van der Waals surface area contributed by atoms with Gasteiger partial charge in [-0.2, -0.15) is 0 Å². The van der Waals surface area contributed by atoms with Crippen molar-refractivity contribution in [1.29, 1.82) is 0 Å². The maximum Gasteiger partial charge on any atom is 0.257 e. The van der Waals surface area contributed by atoms with Gasteiger partial charge in [0.05, 0.1) is 11.3 Å². The maximum absolute atomic E-state index is 12.9. The fourth-order valence-electron chi connectivity index (χ4n) is 2.90. The first-order valence-electron chi connectivity index (χ1n) is 9.05. The van der Waals surface area contributed by atoms with E-state index in [4.69, 9.17) is 0 Å². The highest BCUT2D eigenvalue weighted by Crippen LogP contribution is 2.26. The summed E-state index contributed by atoms with van der Waals surface area (Å²) in [5.74, 6) is -0.449. The van der Waals surface area contributed by atoms with Gasteiger partial charge in [0.2, 0.25) is 0 Å². The van der Waals surface area contributed by atoms with Crippen LogP contribution in [0.3, 0.4) is 0 Å². The molecule has 0 unspecified atom stereocenters. The van der Waals surface area contributed by atoms with Crippen LogP contribution >= 0.6 is 0 Å². The topological polar surface area (TPSA) is 70.2 Å². The maximum atomic E-state index is 12.9. The van der Waals surface area contributed by atoms with Gasteiger partial charge in [0.1, 0.15) is 0 Å². The summed E-state index contributed by atoms with van der Waals surface area (Å²) in [6, 6.07) is 20.2. The highest BCUT2D eigenvalue weighted by molar-refractivity contribution is 6.09. The van der Waals surface area contributed by atoms with Gasteiger partial charge < -0.3 is 16.0 Å². The molecule has 0 aliphatic carbocycles. The summed E-state index contributed by atoms with van der Waals surface area (Å²) in [4.78, 5) is 24.7. The van der Waals surface area contributed by atoms with E-state index in [1.807, 2.05) is 37.3 Å². The number of amides is 2. The number of anilines is 3. The highest BCUT2D eigenvalue weighted by Gasteiger charge is 2.13. The molecule has 3 aromatic rings. The molecule has 0 saturated carbocycles. The second-order valence-electron chi connectivity index (χ2n) is 6.53. The van der Waals surface area contributed by atoms with Gasteiger partial charge in [-0.25, -0.2) is 0 Å². The van der Waals surface area contributed by atoms with E-state index in [1.54, 1.807) is 37.4 Å².